The van der Waals surface area contributed by atoms with E-state index >= 15 is 0 Å². The van der Waals surface area contributed by atoms with Crippen molar-refractivity contribution in [3.05, 3.63) is 23.4 Å². The van der Waals surface area contributed by atoms with Gasteiger partial charge in [-0.2, -0.15) is 0 Å². The molecule has 29 heavy (non-hydrogen) atoms. The maximum absolute atomic E-state index is 12.4. The number of Topliss-reactive ketones (excluding diaryl/α,β-unsaturated/α-hetero) is 1. The molecule has 0 amide bonds. The van der Waals surface area contributed by atoms with Gasteiger partial charge in [-0.3, -0.25) is 4.79 Å². The Kier molecular flexibility index (Phi) is 8.04. The summed E-state index contributed by atoms with van der Waals surface area (Å²) in [7, 11) is 1.39. The molecule has 0 atom stereocenters. The predicted molar refractivity (Wildman–Crippen MR) is 114 cm³/mol. The number of hydrogen-bond donors (Lipinski definition) is 1. The molecule has 1 N–H and O–H groups in total. The Hall–Kier alpha value is -1.95. The van der Waals surface area contributed by atoms with Crippen LogP contribution in [0.4, 0.5) is 5.82 Å². The lowest BCUT2D eigenvalue weighted by atomic mass is 9.93. The van der Waals surface area contributed by atoms with Crippen molar-refractivity contribution in [3.63, 3.8) is 0 Å². The van der Waals surface area contributed by atoms with Crippen LogP contribution in [0.2, 0.25) is 0 Å². The van der Waals surface area contributed by atoms with Gasteiger partial charge in [0.05, 0.1) is 7.11 Å². The molecule has 0 unspecified atom stereocenters. The van der Waals surface area contributed by atoms with Crippen molar-refractivity contribution in [2.45, 2.75) is 83.2 Å². The molecule has 0 aromatic carbocycles. The largest absolute Gasteiger partial charge is 0.465 e. The van der Waals surface area contributed by atoms with Gasteiger partial charge in [0.25, 0.3) is 0 Å². The van der Waals surface area contributed by atoms with Crippen LogP contribution in [0.15, 0.2) is 12.3 Å². The highest BCUT2D eigenvalue weighted by Crippen LogP contribution is 2.25. The topological polar surface area (TPSA) is 71.5 Å². The number of anilines is 1. The first-order valence-electron chi connectivity index (χ1n) is 11.2. The van der Waals surface area contributed by atoms with Crippen LogP contribution in [0.5, 0.6) is 0 Å². The van der Waals surface area contributed by atoms with Crippen molar-refractivity contribution in [3.8, 4) is 0 Å². The fourth-order valence-corrected chi connectivity index (χ4v) is 4.57. The van der Waals surface area contributed by atoms with Gasteiger partial charge in [-0.15, -0.1) is 0 Å². The molecule has 160 valence electrons. The SMILES string of the molecule is CCCC(=O)Cc1cnc(N2CCC(NC3CCCCC3)CC2)c(C(=O)OC)c1. The molecule has 0 bridgehead atoms. The van der Waals surface area contributed by atoms with E-state index in [2.05, 4.69) is 15.2 Å². The Balaban J connectivity index is 1.64. The van der Waals surface area contributed by atoms with Gasteiger partial charge in [0, 0.05) is 44.2 Å². The number of pyridine rings is 1. The summed E-state index contributed by atoms with van der Waals surface area (Å²) in [5.41, 5.74) is 1.24. The summed E-state index contributed by atoms with van der Waals surface area (Å²) in [5, 5.41) is 3.84. The van der Waals surface area contributed by atoms with Crippen LogP contribution in [0.3, 0.4) is 0 Å². The van der Waals surface area contributed by atoms with E-state index in [-0.39, 0.29) is 11.8 Å². The lowest BCUT2D eigenvalue weighted by molar-refractivity contribution is -0.118. The number of methoxy groups -OCH3 is 1. The summed E-state index contributed by atoms with van der Waals surface area (Å²) in [5.74, 6) is 0.465. The summed E-state index contributed by atoms with van der Waals surface area (Å²) in [6, 6.07) is 3.00. The Labute approximate surface area is 174 Å². The second-order valence-electron chi connectivity index (χ2n) is 8.43. The second-order valence-corrected chi connectivity index (χ2v) is 8.43. The first-order chi connectivity index (χ1) is 14.1. The van der Waals surface area contributed by atoms with Crippen LogP contribution < -0.4 is 10.2 Å². The zero-order valence-electron chi connectivity index (χ0n) is 17.9. The summed E-state index contributed by atoms with van der Waals surface area (Å²) >= 11 is 0. The van der Waals surface area contributed by atoms with Gasteiger partial charge in [0.1, 0.15) is 17.2 Å². The van der Waals surface area contributed by atoms with Crippen molar-refractivity contribution in [2.75, 3.05) is 25.1 Å². The molecule has 1 aromatic heterocycles. The molecule has 0 radical (unpaired) electrons. The molecule has 2 heterocycles. The summed E-state index contributed by atoms with van der Waals surface area (Å²) < 4.78 is 4.99. The predicted octanol–water partition coefficient (Wildman–Crippen LogP) is 3.67. The minimum atomic E-state index is -0.389. The van der Waals surface area contributed by atoms with Gasteiger partial charge in [-0.05, 0) is 43.7 Å². The van der Waals surface area contributed by atoms with E-state index in [0.29, 0.717) is 36.3 Å². The lowest BCUT2D eigenvalue weighted by Crippen LogP contribution is -2.47. The van der Waals surface area contributed by atoms with E-state index in [1.54, 1.807) is 12.3 Å². The van der Waals surface area contributed by atoms with E-state index in [0.717, 1.165) is 37.9 Å². The Morgan fingerprint density at radius 2 is 1.83 bits per heavy atom. The van der Waals surface area contributed by atoms with Crippen LogP contribution in [0.1, 0.15) is 80.6 Å². The number of ether oxygens (including phenoxy) is 1. The van der Waals surface area contributed by atoms with Crippen molar-refractivity contribution in [1.82, 2.24) is 10.3 Å². The number of piperidine rings is 1. The molecule has 6 nitrogen and oxygen atoms in total. The average Bonchev–Trinajstić information content (AvgIpc) is 2.75. The number of rotatable bonds is 8. The number of ketones is 1. The molecule has 1 aliphatic heterocycles. The third kappa shape index (κ3) is 6.01. The van der Waals surface area contributed by atoms with Gasteiger partial charge >= 0.3 is 5.97 Å². The maximum atomic E-state index is 12.4. The second kappa shape index (κ2) is 10.7. The number of hydrogen-bond acceptors (Lipinski definition) is 6. The molecule has 3 rings (SSSR count). The third-order valence-corrected chi connectivity index (χ3v) is 6.13. The van der Waals surface area contributed by atoms with Crippen molar-refractivity contribution in [1.29, 1.82) is 0 Å². The van der Waals surface area contributed by atoms with E-state index < -0.39 is 0 Å². The molecule has 1 aromatic rings. The highest BCUT2D eigenvalue weighted by Gasteiger charge is 2.26. The van der Waals surface area contributed by atoms with E-state index in [1.165, 1.54) is 39.2 Å². The first-order valence-corrected chi connectivity index (χ1v) is 11.2. The molecule has 0 spiro atoms. The molecular weight excluding hydrogens is 366 g/mol. The highest BCUT2D eigenvalue weighted by molar-refractivity contribution is 5.95. The van der Waals surface area contributed by atoms with Crippen LogP contribution in [0, 0.1) is 0 Å². The van der Waals surface area contributed by atoms with E-state index in [4.69, 9.17) is 4.74 Å². The lowest BCUT2D eigenvalue weighted by Gasteiger charge is -2.36. The zero-order chi connectivity index (χ0) is 20.6. The Bertz CT molecular complexity index is 693. The molecule has 1 saturated heterocycles. The summed E-state index contributed by atoms with van der Waals surface area (Å²) in [6.45, 7) is 3.73. The molecule has 6 heteroatoms. The molecular formula is C23H35N3O3. The monoisotopic (exact) mass is 401 g/mol. The van der Waals surface area contributed by atoms with Gasteiger partial charge < -0.3 is 15.0 Å². The quantitative estimate of drug-likeness (QED) is 0.670. The minimum absolute atomic E-state index is 0.174. The molecule has 1 saturated carbocycles. The highest BCUT2D eigenvalue weighted by atomic mass is 16.5. The number of carbonyl (C=O) groups excluding carboxylic acids is 2. The van der Waals surface area contributed by atoms with Crippen LogP contribution in [-0.2, 0) is 16.0 Å². The number of esters is 1. The Morgan fingerprint density at radius 3 is 2.48 bits per heavy atom. The van der Waals surface area contributed by atoms with Gasteiger partial charge in [-0.1, -0.05) is 26.2 Å². The summed E-state index contributed by atoms with van der Waals surface area (Å²) in [6.07, 6.45) is 12.2. The van der Waals surface area contributed by atoms with Crippen LogP contribution in [-0.4, -0.2) is 49.0 Å². The molecule has 2 aliphatic rings. The average molecular weight is 402 g/mol. The number of carbonyl (C=O) groups is 2. The minimum Gasteiger partial charge on any atom is -0.465 e. The molecule has 1 aliphatic carbocycles. The van der Waals surface area contributed by atoms with Crippen LogP contribution >= 0.6 is 0 Å². The standard InChI is InChI=1S/C23H35N3O3/c1-3-7-20(27)14-17-15-21(23(28)29-2)22(24-16-17)26-12-10-19(11-13-26)25-18-8-5-4-6-9-18/h15-16,18-19,25H,3-14H2,1-2H3. The van der Waals surface area contributed by atoms with E-state index in [9.17, 15) is 9.59 Å². The zero-order valence-corrected chi connectivity index (χ0v) is 17.9. The molecule has 2 fully saturated rings. The van der Waals surface area contributed by atoms with Gasteiger partial charge in [0.15, 0.2) is 0 Å². The Morgan fingerprint density at radius 1 is 1.14 bits per heavy atom. The fraction of sp³-hybridized carbons (Fsp3) is 0.696. The van der Waals surface area contributed by atoms with E-state index in [1.807, 2.05) is 6.92 Å². The smallest absolute Gasteiger partial charge is 0.341 e. The van der Waals surface area contributed by atoms with Gasteiger partial charge in [0.2, 0.25) is 0 Å². The summed E-state index contributed by atoms with van der Waals surface area (Å²) in [4.78, 5) is 31.1. The van der Waals surface area contributed by atoms with Crippen LogP contribution in [0.25, 0.3) is 0 Å². The number of nitrogens with zero attached hydrogens (tertiary/aromatic N) is 2. The van der Waals surface area contributed by atoms with Crippen molar-refractivity contribution >= 4 is 17.6 Å². The van der Waals surface area contributed by atoms with Crippen molar-refractivity contribution in [2.24, 2.45) is 0 Å². The normalized spacial score (nSPS) is 18.6. The maximum Gasteiger partial charge on any atom is 0.341 e. The number of aromatic nitrogens is 1. The van der Waals surface area contributed by atoms with Gasteiger partial charge in [-0.25, -0.2) is 9.78 Å². The first kappa shape index (κ1) is 21.8. The van der Waals surface area contributed by atoms with Crippen molar-refractivity contribution < 1.29 is 14.3 Å². The number of nitrogens with one attached hydrogen (secondary N) is 1. The fourth-order valence-electron chi connectivity index (χ4n) is 4.57. The third-order valence-electron chi connectivity index (χ3n) is 6.13.